The number of hydrogen-bond acceptors (Lipinski definition) is 1. The van der Waals surface area contributed by atoms with E-state index in [4.69, 9.17) is 0 Å². The third kappa shape index (κ3) is 1.27. The summed E-state index contributed by atoms with van der Waals surface area (Å²) in [5.74, 6) is -0.179. The molecule has 0 aromatic heterocycles. The van der Waals surface area contributed by atoms with Crippen LogP contribution in [0.15, 0.2) is 22.7 Å². The zero-order valence-corrected chi connectivity index (χ0v) is 8.07. The Labute approximate surface area is 79.1 Å². The van der Waals surface area contributed by atoms with Gasteiger partial charge in [-0.05, 0) is 40.5 Å². The van der Waals surface area contributed by atoms with Crippen molar-refractivity contribution in [3.63, 3.8) is 0 Å². The lowest BCUT2D eigenvalue weighted by Crippen LogP contribution is -2.35. The molecule has 0 aliphatic carbocycles. The first kappa shape index (κ1) is 8.20. The predicted octanol–water partition coefficient (Wildman–Crippen LogP) is 2.62. The first-order chi connectivity index (χ1) is 5.79. The molecular weight excluding hydrogens is 221 g/mol. The van der Waals surface area contributed by atoms with Crippen LogP contribution in [0.4, 0.5) is 4.39 Å². The molecule has 1 nitrogen and oxygen atoms in total. The molecule has 1 N–H and O–H groups in total. The summed E-state index contributed by atoms with van der Waals surface area (Å²) in [6.45, 7) is 1.04. The molecule has 1 atom stereocenters. The average molecular weight is 230 g/mol. The maximum atomic E-state index is 13.0. The highest BCUT2D eigenvalue weighted by atomic mass is 79.9. The smallest absolute Gasteiger partial charge is 0.137 e. The van der Waals surface area contributed by atoms with Crippen molar-refractivity contribution in [1.29, 1.82) is 0 Å². The Morgan fingerprint density at radius 3 is 2.83 bits per heavy atom. The summed E-state index contributed by atoms with van der Waals surface area (Å²) in [4.78, 5) is 0. The van der Waals surface area contributed by atoms with Gasteiger partial charge in [-0.2, -0.15) is 0 Å². The zero-order valence-electron chi connectivity index (χ0n) is 6.48. The highest BCUT2D eigenvalue weighted by molar-refractivity contribution is 9.10. The Balaban J connectivity index is 2.36. The van der Waals surface area contributed by atoms with Crippen LogP contribution in [-0.4, -0.2) is 6.54 Å². The summed E-state index contributed by atoms with van der Waals surface area (Å²) in [5.41, 5.74) is 1.03. The average Bonchev–Trinajstić information content (AvgIpc) is 1.95. The second-order valence-electron chi connectivity index (χ2n) is 2.94. The molecule has 64 valence electrons. The van der Waals surface area contributed by atoms with Crippen LogP contribution in [-0.2, 0) is 0 Å². The fourth-order valence-electron chi connectivity index (χ4n) is 1.34. The minimum atomic E-state index is -0.179. The Hall–Kier alpha value is -0.410. The SMILES string of the molecule is Fc1cccc([C@H]2CCN2)c1Br. The van der Waals surface area contributed by atoms with Gasteiger partial charge in [0, 0.05) is 6.04 Å². The summed E-state index contributed by atoms with van der Waals surface area (Å²) in [6.07, 6.45) is 1.10. The number of rotatable bonds is 1. The van der Waals surface area contributed by atoms with E-state index in [1.165, 1.54) is 6.07 Å². The van der Waals surface area contributed by atoms with E-state index in [0.29, 0.717) is 10.5 Å². The highest BCUT2D eigenvalue weighted by Gasteiger charge is 2.21. The summed E-state index contributed by atoms with van der Waals surface area (Å²) in [7, 11) is 0. The van der Waals surface area contributed by atoms with Crippen LogP contribution in [0.3, 0.4) is 0 Å². The van der Waals surface area contributed by atoms with E-state index in [-0.39, 0.29) is 5.82 Å². The van der Waals surface area contributed by atoms with Crippen LogP contribution in [0.5, 0.6) is 0 Å². The first-order valence-corrected chi connectivity index (χ1v) is 4.75. The van der Waals surface area contributed by atoms with Crippen molar-refractivity contribution in [2.45, 2.75) is 12.5 Å². The Bertz CT molecular complexity index is 297. The minimum Gasteiger partial charge on any atom is -0.310 e. The molecule has 0 spiro atoms. The van der Waals surface area contributed by atoms with E-state index in [0.717, 1.165) is 18.5 Å². The van der Waals surface area contributed by atoms with Gasteiger partial charge in [0.15, 0.2) is 0 Å². The Kier molecular flexibility index (Phi) is 2.15. The van der Waals surface area contributed by atoms with E-state index in [9.17, 15) is 4.39 Å². The third-order valence-corrected chi connectivity index (χ3v) is 3.02. The summed E-state index contributed by atoms with van der Waals surface area (Å²) in [5, 5.41) is 3.23. The van der Waals surface area contributed by atoms with Crippen LogP contribution in [0, 0.1) is 5.82 Å². The lowest BCUT2D eigenvalue weighted by molar-refractivity contribution is 0.380. The minimum absolute atomic E-state index is 0.179. The van der Waals surface area contributed by atoms with Gasteiger partial charge in [-0.25, -0.2) is 4.39 Å². The lowest BCUT2D eigenvalue weighted by atomic mass is 9.98. The van der Waals surface area contributed by atoms with E-state index in [1.54, 1.807) is 6.07 Å². The monoisotopic (exact) mass is 229 g/mol. The highest BCUT2D eigenvalue weighted by Crippen LogP contribution is 2.30. The van der Waals surface area contributed by atoms with E-state index < -0.39 is 0 Å². The van der Waals surface area contributed by atoms with Gasteiger partial charge in [0.25, 0.3) is 0 Å². The number of hydrogen-bond donors (Lipinski definition) is 1. The third-order valence-electron chi connectivity index (χ3n) is 2.18. The number of nitrogens with one attached hydrogen (secondary N) is 1. The zero-order chi connectivity index (χ0) is 8.55. The van der Waals surface area contributed by atoms with Gasteiger partial charge in [0.2, 0.25) is 0 Å². The second kappa shape index (κ2) is 3.15. The number of benzene rings is 1. The molecule has 1 fully saturated rings. The van der Waals surface area contributed by atoms with Crippen LogP contribution in [0.25, 0.3) is 0 Å². The van der Waals surface area contributed by atoms with Crippen molar-refractivity contribution in [2.24, 2.45) is 0 Å². The molecule has 0 amide bonds. The van der Waals surface area contributed by atoms with E-state index >= 15 is 0 Å². The molecular formula is C9H9BrFN. The molecule has 1 aromatic carbocycles. The molecule has 0 bridgehead atoms. The maximum Gasteiger partial charge on any atom is 0.137 e. The molecule has 0 saturated carbocycles. The van der Waals surface area contributed by atoms with Gasteiger partial charge >= 0.3 is 0 Å². The van der Waals surface area contributed by atoms with Crippen molar-refractivity contribution in [3.8, 4) is 0 Å². The van der Waals surface area contributed by atoms with Crippen molar-refractivity contribution in [3.05, 3.63) is 34.1 Å². The van der Waals surface area contributed by atoms with Gasteiger partial charge in [0.1, 0.15) is 5.82 Å². The summed E-state index contributed by atoms with van der Waals surface area (Å²) < 4.78 is 13.6. The largest absolute Gasteiger partial charge is 0.310 e. The fourth-order valence-corrected chi connectivity index (χ4v) is 1.88. The van der Waals surface area contributed by atoms with Crippen LogP contribution >= 0.6 is 15.9 Å². The Morgan fingerprint density at radius 2 is 2.25 bits per heavy atom. The van der Waals surface area contributed by atoms with Crippen LogP contribution in [0.2, 0.25) is 0 Å². The van der Waals surface area contributed by atoms with Gasteiger partial charge in [-0.1, -0.05) is 12.1 Å². The lowest BCUT2D eigenvalue weighted by Gasteiger charge is -2.28. The van der Waals surface area contributed by atoms with E-state index in [2.05, 4.69) is 21.2 Å². The summed E-state index contributed by atoms with van der Waals surface area (Å²) >= 11 is 3.24. The molecule has 1 heterocycles. The topological polar surface area (TPSA) is 12.0 Å². The predicted molar refractivity (Wildman–Crippen MR) is 49.5 cm³/mol. The molecule has 12 heavy (non-hydrogen) atoms. The molecule has 1 aliphatic rings. The van der Waals surface area contributed by atoms with Gasteiger partial charge in [-0.15, -0.1) is 0 Å². The standard InChI is InChI=1S/C9H9BrFN/c10-9-6(8-4-5-12-8)2-1-3-7(9)11/h1-3,8,12H,4-5H2/t8-/m1/s1. The second-order valence-corrected chi connectivity index (χ2v) is 3.73. The van der Waals surface area contributed by atoms with Gasteiger partial charge < -0.3 is 5.32 Å². The number of halogens is 2. The molecule has 1 saturated heterocycles. The summed E-state index contributed by atoms with van der Waals surface area (Å²) in [6, 6.07) is 5.50. The van der Waals surface area contributed by atoms with Crippen molar-refractivity contribution >= 4 is 15.9 Å². The molecule has 2 rings (SSSR count). The molecule has 3 heteroatoms. The van der Waals surface area contributed by atoms with Crippen LogP contribution in [0.1, 0.15) is 18.0 Å². The first-order valence-electron chi connectivity index (χ1n) is 3.96. The fraction of sp³-hybridized carbons (Fsp3) is 0.333. The van der Waals surface area contributed by atoms with E-state index in [1.807, 2.05) is 6.07 Å². The van der Waals surface area contributed by atoms with Crippen molar-refractivity contribution in [2.75, 3.05) is 6.54 Å². The molecule has 1 aliphatic heterocycles. The van der Waals surface area contributed by atoms with Crippen molar-refractivity contribution in [1.82, 2.24) is 5.32 Å². The van der Waals surface area contributed by atoms with Crippen molar-refractivity contribution < 1.29 is 4.39 Å². The normalized spacial score (nSPS) is 22.0. The molecule has 1 aromatic rings. The van der Waals surface area contributed by atoms with Gasteiger partial charge in [-0.3, -0.25) is 0 Å². The van der Waals surface area contributed by atoms with Crippen LogP contribution < -0.4 is 5.32 Å². The maximum absolute atomic E-state index is 13.0. The Morgan fingerprint density at radius 1 is 1.50 bits per heavy atom. The molecule has 0 unspecified atom stereocenters. The quantitative estimate of drug-likeness (QED) is 0.781. The van der Waals surface area contributed by atoms with Gasteiger partial charge in [0.05, 0.1) is 4.47 Å². The molecule has 0 radical (unpaired) electrons.